The van der Waals surface area contributed by atoms with Gasteiger partial charge < -0.3 is 15.2 Å². The Hall–Kier alpha value is -0.705. The highest BCUT2D eigenvalue weighted by atomic mass is 16.2. The summed E-state index contributed by atoms with van der Waals surface area (Å²) in [6, 6.07) is -0.166. The predicted octanol–water partition coefficient (Wildman–Crippen LogP) is -0.488. The SMILES string of the molecule is CB(O)N1CCCNC1=O. The van der Waals surface area contributed by atoms with Gasteiger partial charge in [-0.3, -0.25) is 0 Å². The zero-order valence-corrected chi connectivity index (χ0v) is 6.00. The largest absolute Gasteiger partial charge is 0.432 e. The molecule has 1 saturated heterocycles. The van der Waals surface area contributed by atoms with E-state index in [4.69, 9.17) is 5.02 Å². The molecule has 1 aliphatic heterocycles. The molecule has 0 aromatic heterocycles. The van der Waals surface area contributed by atoms with Crippen molar-refractivity contribution < 1.29 is 9.82 Å². The summed E-state index contributed by atoms with van der Waals surface area (Å²) < 4.78 is 0. The van der Waals surface area contributed by atoms with E-state index in [0.29, 0.717) is 6.54 Å². The van der Waals surface area contributed by atoms with Gasteiger partial charge in [0.15, 0.2) is 0 Å². The highest BCUT2D eigenvalue weighted by molar-refractivity contribution is 6.48. The van der Waals surface area contributed by atoms with Crippen molar-refractivity contribution in [1.82, 2.24) is 10.1 Å². The van der Waals surface area contributed by atoms with Crippen molar-refractivity contribution in [1.29, 1.82) is 0 Å². The van der Waals surface area contributed by atoms with E-state index >= 15 is 0 Å². The van der Waals surface area contributed by atoms with Crippen LogP contribution in [0, 0.1) is 0 Å². The Morgan fingerprint density at radius 1 is 1.80 bits per heavy atom. The second-order valence-corrected chi connectivity index (χ2v) is 2.41. The summed E-state index contributed by atoms with van der Waals surface area (Å²) in [5.41, 5.74) is 0. The van der Waals surface area contributed by atoms with Crippen molar-refractivity contribution in [3.8, 4) is 0 Å². The summed E-state index contributed by atoms with van der Waals surface area (Å²) in [5.74, 6) is 0. The molecule has 4 nitrogen and oxygen atoms in total. The molecule has 0 unspecified atom stereocenters. The highest BCUT2D eigenvalue weighted by Crippen LogP contribution is 1.99. The minimum Gasteiger partial charge on any atom is -0.432 e. The Morgan fingerprint density at radius 2 is 2.50 bits per heavy atom. The molecule has 0 spiro atoms. The molecule has 0 bridgehead atoms. The van der Waals surface area contributed by atoms with Gasteiger partial charge in [0.05, 0.1) is 0 Å². The summed E-state index contributed by atoms with van der Waals surface area (Å²) in [5, 5.41) is 11.7. The molecule has 0 atom stereocenters. The minimum absolute atomic E-state index is 0.166. The maximum atomic E-state index is 10.9. The van der Waals surface area contributed by atoms with Crippen LogP contribution in [0.4, 0.5) is 4.79 Å². The first-order valence-electron chi connectivity index (χ1n) is 3.44. The van der Waals surface area contributed by atoms with Crippen molar-refractivity contribution in [2.75, 3.05) is 13.1 Å². The second kappa shape index (κ2) is 2.92. The summed E-state index contributed by atoms with van der Waals surface area (Å²) in [4.78, 5) is 12.3. The lowest BCUT2D eigenvalue weighted by atomic mass is 9.85. The van der Waals surface area contributed by atoms with Gasteiger partial charge in [0.1, 0.15) is 0 Å². The van der Waals surface area contributed by atoms with Crippen LogP contribution in [0.15, 0.2) is 0 Å². The molecule has 1 rings (SSSR count). The predicted molar refractivity (Wildman–Crippen MR) is 38.6 cm³/mol. The molecule has 0 saturated carbocycles. The Morgan fingerprint density at radius 3 is 2.90 bits per heavy atom. The van der Waals surface area contributed by atoms with Crippen molar-refractivity contribution in [2.24, 2.45) is 0 Å². The molecular weight excluding hydrogens is 131 g/mol. The second-order valence-electron chi connectivity index (χ2n) is 2.41. The number of carbonyl (C=O) groups is 1. The molecule has 2 N–H and O–H groups in total. The van der Waals surface area contributed by atoms with Gasteiger partial charge in [-0.15, -0.1) is 0 Å². The maximum Gasteiger partial charge on any atom is 0.413 e. The fourth-order valence-electron chi connectivity index (χ4n) is 1.00. The van der Waals surface area contributed by atoms with Gasteiger partial charge in [-0.25, -0.2) is 4.79 Å². The average molecular weight is 142 g/mol. The molecule has 5 heteroatoms. The van der Waals surface area contributed by atoms with E-state index in [1.54, 1.807) is 6.82 Å². The number of hydrogen-bond acceptors (Lipinski definition) is 2. The van der Waals surface area contributed by atoms with Crippen molar-refractivity contribution >= 4 is 13.1 Å². The van der Waals surface area contributed by atoms with Crippen LogP contribution in [0.25, 0.3) is 0 Å². The van der Waals surface area contributed by atoms with Crippen molar-refractivity contribution in [2.45, 2.75) is 13.2 Å². The molecule has 1 heterocycles. The number of urea groups is 1. The monoisotopic (exact) mass is 142 g/mol. The zero-order chi connectivity index (χ0) is 7.56. The molecule has 1 fully saturated rings. The summed E-state index contributed by atoms with van der Waals surface area (Å²) in [7, 11) is -0.666. The molecule has 10 heavy (non-hydrogen) atoms. The van der Waals surface area contributed by atoms with Gasteiger partial charge >= 0.3 is 13.1 Å². The van der Waals surface area contributed by atoms with Crippen LogP contribution in [0.5, 0.6) is 0 Å². The lowest BCUT2D eigenvalue weighted by Crippen LogP contribution is -2.52. The summed E-state index contributed by atoms with van der Waals surface area (Å²) >= 11 is 0. The molecule has 0 aliphatic carbocycles. The first kappa shape index (κ1) is 7.40. The van der Waals surface area contributed by atoms with E-state index in [0.717, 1.165) is 13.0 Å². The first-order chi connectivity index (χ1) is 4.72. The van der Waals surface area contributed by atoms with E-state index in [1.807, 2.05) is 0 Å². The van der Waals surface area contributed by atoms with E-state index < -0.39 is 7.05 Å². The van der Waals surface area contributed by atoms with E-state index in [9.17, 15) is 4.79 Å². The highest BCUT2D eigenvalue weighted by Gasteiger charge is 2.23. The molecule has 2 amide bonds. The number of nitrogens with one attached hydrogen (secondary N) is 1. The van der Waals surface area contributed by atoms with Crippen LogP contribution in [0.2, 0.25) is 6.82 Å². The van der Waals surface area contributed by atoms with Crippen molar-refractivity contribution in [3.05, 3.63) is 0 Å². The van der Waals surface area contributed by atoms with Gasteiger partial charge in [0, 0.05) is 13.1 Å². The zero-order valence-electron chi connectivity index (χ0n) is 6.00. The normalized spacial score (nSPS) is 18.6. The van der Waals surface area contributed by atoms with Crippen LogP contribution >= 0.6 is 0 Å². The van der Waals surface area contributed by atoms with Crippen LogP contribution in [-0.2, 0) is 0 Å². The third-order valence-electron chi connectivity index (χ3n) is 1.56. The quantitative estimate of drug-likeness (QED) is 0.485. The molecule has 0 aromatic carbocycles. The lowest BCUT2D eigenvalue weighted by molar-refractivity contribution is 0.209. The standard InChI is InChI=1S/C5H11BN2O2/c1-6(10)8-4-2-3-7-5(8)9/h10H,2-4H2,1H3,(H,7,9). The smallest absolute Gasteiger partial charge is 0.413 e. The van der Waals surface area contributed by atoms with Gasteiger partial charge in [0.25, 0.3) is 0 Å². The maximum absolute atomic E-state index is 10.9. The number of nitrogens with zero attached hydrogens (tertiary/aromatic N) is 1. The molecule has 1 aliphatic rings. The van der Waals surface area contributed by atoms with Gasteiger partial charge in [-0.1, -0.05) is 0 Å². The lowest BCUT2D eigenvalue weighted by Gasteiger charge is -2.27. The fourth-order valence-corrected chi connectivity index (χ4v) is 1.00. The van der Waals surface area contributed by atoms with Crippen LogP contribution in [0.3, 0.4) is 0 Å². The third-order valence-corrected chi connectivity index (χ3v) is 1.56. The van der Waals surface area contributed by atoms with E-state index in [-0.39, 0.29) is 6.03 Å². The average Bonchev–Trinajstić information content (AvgIpc) is 1.88. The van der Waals surface area contributed by atoms with E-state index in [1.165, 1.54) is 4.81 Å². The van der Waals surface area contributed by atoms with Crippen molar-refractivity contribution in [3.63, 3.8) is 0 Å². The Labute approximate surface area is 60.3 Å². The van der Waals surface area contributed by atoms with Gasteiger partial charge in [-0.05, 0) is 13.2 Å². The number of rotatable bonds is 1. The fraction of sp³-hybridized carbons (Fsp3) is 0.800. The Balaban J connectivity index is 2.48. The molecule has 0 aromatic rings. The Kier molecular flexibility index (Phi) is 2.16. The number of carbonyl (C=O) groups excluding carboxylic acids is 1. The molecule has 0 radical (unpaired) electrons. The Bertz CT molecular complexity index is 140. The molecule has 56 valence electrons. The van der Waals surface area contributed by atoms with Gasteiger partial charge in [0.2, 0.25) is 0 Å². The van der Waals surface area contributed by atoms with Crippen LogP contribution in [0.1, 0.15) is 6.42 Å². The number of hydrogen-bond donors (Lipinski definition) is 2. The number of amides is 2. The van der Waals surface area contributed by atoms with Gasteiger partial charge in [-0.2, -0.15) is 0 Å². The minimum atomic E-state index is -0.666. The summed E-state index contributed by atoms with van der Waals surface area (Å²) in [6.45, 7) is 2.97. The third kappa shape index (κ3) is 1.41. The first-order valence-corrected chi connectivity index (χ1v) is 3.44. The summed E-state index contributed by atoms with van der Waals surface area (Å²) in [6.07, 6.45) is 0.913. The van der Waals surface area contributed by atoms with Crippen LogP contribution in [-0.4, -0.2) is 36.0 Å². The van der Waals surface area contributed by atoms with E-state index in [2.05, 4.69) is 5.32 Å². The topological polar surface area (TPSA) is 52.6 Å². The molecular formula is C5H11BN2O2. The van der Waals surface area contributed by atoms with Crippen LogP contribution < -0.4 is 5.32 Å².